The van der Waals surface area contributed by atoms with Crippen LogP contribution >= 0.6 is 11.3 Å². The highest BCUT2D eigenvalue weighted by atomic mass is 32.1. The van der Waals surface area contributed by atoms with E-state index in [2.05, 4.69) is 4.98 Å². The lowest BCUT2D eigenvalue weighted by Gasteiger charge is -2.02. The van der Waals surface area contributed by atoms with Crippen LogP contribution in [0.5, 0.6) is 0 Å². The Labute approximate surface area is 96.1 Å². The zero-order valence-electron chi connectivity index (χ0n) is 8.64. The van der Waals surface area contributed by atoms with Gasteiger partial charge in [0.2, 0.25) is 5.78 Å². The number of hydrogen-bond acceptors (Lipinski definition) is 4. The van der Waals surface area contributed by atoms with Gasteiger partial charge in [0, 0.05) is 0 Å². The maximum Gasteiger partial charge on any atom is 0.285 e. The molecule has 2 N–H and O–H groups in total. The molecule has 1 atom stereocenters. The van der Waals surface area contributed by atoms with Crippen LogP contribution in [-0.2, 0) is 9.59 Å². The summed E-state index contributed by atoms with van der Waals surface area (Å²) in [7, 11) is 0. The number of fused-ring (bicyclic) bond motifs is 1. The third kappa shape index (κ3) is 1.81. The van der Waals surface area contributed by atoms with Crippen molar-refractivity contribution >= 4 is 33.2 Å². The number of aromatic nitrogens is 1. The Bertz CT molecular complexity index is 529. The van der Waals surface area contributed by atoms with E-state index in [4.69, 9.17) is 5.73 Å². The summed E-state index contributed by atoms with van der Waals surface area (Å²) >= 11 is 1.41. The molecule has 1 aromatic carbocycles. The number of thiazole rings is 1. The zero-order valence-corrected chi connectivity index (χ0v) is 9.45. The van der Waals surface area contributed by atoms with Gasteiger partial charge in [0.15, 0.2) is 0 Å². The van der Waals surface area contributed by atoms with E-state index in [1.165, 1.54) is 11.3 Å². The van der Waals surface area contributed by atoms with Gasteiger partial charge in [-0.2, -0.15) is 0 Å². The second-order valence-corrected chi connectivity index (χ2v) is 4.53. The number of rotatable bonds is 3. The summed E-state index contributed by atoms with van der Waals surface area (Å²) in [4.78, 5) is 26.5. The summed E-state index contributed by atoms with van der Waals surface area (Å²) in [6, 6.07) is 7.59. The first-order valence-electron chi connectivity index (χ1n) is 4.78. The maximum atomic E-state index is 11.4. The SMILES string of the molecule is CC(C(=O)C(N)=O)c1nc2ccccc2s1. The number of nitrogens with two attached hydrogens (primary N) is 1. The Kier molecular flexibility index (Phi) is 2.70. The van der Waals surface area contributed by atoms with Crippen LogP contribution in [0, 0.1) is 0 Å². The Morgan fingerprint density at radius 2 is 2.06 bits per heavy atom. The van der Waals surface area contributed by atoms with E-state index in [-0.39, 0.29) is 0 Å². The summed E-state index contributed by atoms with van der Waals surface area (Å²) in [5.74, 6) is -2.07. The van der Waals surface area contributed by atoms with Gasteiger partial charge in [0.25, 0.3) is 5.91 Å². The Balaban J connectivity index is 2.40. The Morgan fingerprint density at radius 3 is 2.69 bits per heavy atom. The number of primary amides is 1. The fourth-order valence-electron chi connectivity index (χ4n) is 1.40. The smallest absolute Gasteiger partial charge is 0.285 e. The predicted octanol–water partition coefficient (Wildman–Crippen LogP) is 1.45. The lowest BCUT2D eigenvalue weighted by molar-refractivity contribution is -0.136. The average molecular weight is 234 g/mol. The van der Waals surface area contributed by atoms with Crippen LogP contribution < -0.4 is 5.73 Å². The van der Waals surface area contributed by atoms with E-state index in [0.717, 1.165) is 10.2 Å². The molecular weight excluding hydrogens is 224 g/mol. The van der Waals surface area contributed by atoms with Crippen LogP contribution in [0.15, 0.2) is 24.3 Å². The summed E-state index contributed by atoms with van der Waals surface area (Å²) in [5.41, 5.74) is 5.80. The van der Waals surface area contributed by atoms with Gasteiger partial charge in [0.1, 0.15) is 5.01 Å². The molecule has 16 heavy (non-hydrogen) atoms. The van der Waals surface area contributed by atoms with E-state index in [0.29, 0.717) is 5.01 Å². The number of para-hydroxylation sites is 1. The third-order valence-electron chi connectivity index (χ3n) is 2.32. The first-order valence-corrected chi connectivity index (χ1v) is 5.60. The van der Waals surface area contributed by atoms with Gasteiger partial charge in [-0.05, 0) is 19.1 Å². The van der Waals surface area contributed by atoms with Crippen LogP contribution in [0.2, 0.25) is 0 Å². The summed E-state index contributed by atoms with van der Waals surface area (Å²) in [5, 5.41) is 0.630. The predicted molar refractivity (Wildman–Crippen MR) is 62.2 cm³/mol. The van der Waals surface area contributed by atoms with Crippen molar-refractivity contribution in [1.29, 1.82) is 0 Å². The molecular formula is C11H10N2O2S. The maximum absolute atomic E-state index is 11.4. The van der Waals surface area contributed by atoms with Crippen molar-refractivity contribution < 1.29 is 9.59 Å². The van der Waals surface area contributed by atoms with Crippen LogP contribution in [-0.4, -0.2) is 16.7 Å². The highest BCUT2D eigenvalue weighted by Gasteiger charge is 2.23. The molecule has 0 fully saturated rings. The van der Waals surface area contributed by atoms with Crippen molar-refractivity contribution in [2.75, 3.05) is 0 Å². The highest BCUT2D eigenvalue weighted by Crippen LogP contribution is 2.27. The summed E-state index contributed by atoms with van der Waals surface area (Å²) in [6.07, 6.45) is 0. The monoisotopic (exact) mass is 234 g/mol. The highest BCUT2D eigenvalue weighted by molar-refractivity contribution is 7.18. The van der Waals surface area contributed by atoms with Gasteiger partial charge in [-0.1, -0.05) is 12.1 Å². The summed E-state index contributed by atoms with van der Waals surface area (Å²) < 4.78 is 1.00. The van der Waals surface area contributed by atoms with E-state index in [1.807, 2.05) is 24.3 Å². The first kappa shape index (κ1) is 10.8. The molecule has 0 bridgehead atoms. The van der Waals surface area contributed by atoms with E-state index in [1.54, 1.807) is 6.92 Å². The minimum atomic E-state index is -0.910. The molecule has 0 spiro atoms. The van der Waals surface area contributed by atoms with Gasteiger partial charge >= 0.3 is 0 Å². The lowest BCUT2D eigenvalue weighted by Crippen LogP contribution is -2.27. The van der Waals surface area contributed by atoms with Crippen molar-refractivity contribution in [3.05, 3.63) is 29.3 Å². The zero-order chi connectivity index (χ0) is 11.7. The van der Waals surface area contributed by atoms with Gasteiger partial charge in [0.05, 0.1) is 16.1 Å². The number of hydrogen-bond donors (Lipinski definition) is 1. The molecule has 0 radical (unpaired) electrons. The van der Waals surface area contributed by atoms with E-state index >= 15 is 0 Å². The van der Waals surface area contributed by atoms with Crippen molar-refractivity contribution in [3.63, 3.8) is 0 Å². The van der Waals surface area contributed by atoms with Gasteiger partial charge < -0.3 is 5.73 Å². The van der Waals surface area contributed by atoms with Gasteiger partial charge in [-0.25, -0.2) is 4.98 Å². The molecule has 82 valence electrons. The topological polar surface area (TPSA) is 73.1 Å². The Morgan fingerprint density at radius 1 is 1.38 bits per heavy atom. The number of Topliss-reactive ketones (excluding diaryl/α,β-unsaturated/α-hetero) is 1. The molecule has 1 unspecified atom stereocenters. The third-order valence-corrected chi connectivity index (χ3v) is 3.54. The molecule has 4 nitrogen and oxygen atoms in total. The van der Waals surface area contributed by atoms with E-state index in [9.17, 15) is 9.59 Å². The number of nitrogens with zero attached hydrogens (tertiary/aromatic N) is 1. The fraction of sp³-hybridized carbons (Fsp3) is 0.182. The molecule has 2 aromatic rings. The molecule has 2 rings (SSSR count). The number of ketones is 1. The van der Waals surface area contributed by atoms with Crippen molar-refractivity contribution in [2.45, 2.75) is 12.8 Å². The molecule has 0 aliphatic rings. The van der Waals surface area contributed by atoms with Gasteiger partial charge in [-0.3, -0.25) is 9.59 Å². The van der Waals surface area contributed by atoms with Crippen molar-refractivity contribution in [1.82, 2.24) is 4.98 Å². The minimum absolute atomic E-state index is 0.560. The molecule has 0 aliphatic heterocycles. The van der Waals surface area contributed by atoms with Crippen LogP contribution in [0.1, 0.15) is 17.8 Å². The number of carbonyl (C=O) groups excluding carboxylic acids is 2. The quantitative estimate of drug-likeness (QED) is 0.817. The first-order chi connectivity index (χ1) is 7.59. The second kappa shape index (κ2) is 4.02. The van der Waals surface area contributed by atoms with Crippen LogP contribution in [0.25, 0.3) is 10.2 Å². The van der Waals surface area contributed by atoms with Crippen molar-refractivity contribution in [3.8, 4) is 0 Å². The number of carbonyl (C=O) groups is 2. The minimum Gasteiger partial charge on any atom is -0.363 e. The molecule has 0 saturated heterocycles. The average Bonchev–Trinajstić information content (AvgIpc) is 2.70. The largest absolute Gasteiger partial charge is 0.363 e. The summed E-state index contributed by atoms with van der Waals surface area (Å²) in [6.45, 7) is 1.64. The number of amides is 1. The van der Waals surface area contributed by atoms with E-state index < -0.39 is 17.6 Å². The normalized spacial score (nSPS) is 12.6. The van der Waals surface area contributed by atoms with Crippen LogP contribution in [0.4, 0.5) is 0 Å². The Hall–Kier alpha value is -1.75. The molecule has 5 heteroatoms. The van der Waals surface area contributed by atoms with Crippen LogP contribution in [0.3, 0.4) is 0 Å². The fourth-order valence-corrected chi connectivity index (χ4v) is 2.42. The molecule has 1 amide bonds. The standard InChI is InChI=1S/C11H10N2O2S/c1-6(9(14)10(12)15)11-13-7-4-2-3-5-8(7)16-11/h2-6H,1H3,(H2,12,15). The molecule has 0 saturated carbocycles. The lowest BCUT2D eigenvalue weighted by atomic mass is 10.1. The molecule has 0 aliphatic carbocycles. The molecule has 1 aromatic heterocycles. The number of benzene rings is 1. The van der Waals surface area contributed by atoms with Crippen molar-refractivity contribution in [2.24, 2.45) is 5.73 Å². The van der Waals surface area contributed by atoms with Gasteiger partial charge in [-0.15, -0.1) is 11.3 Å². The molecule has 1 heterocycles. The second-order valence-electron chi connectivity index (χ2n) is 3.47.